The standard InChI is InChI=1S/C80H82N4/c1-5-9-12-14-16-26-48-80(49-27-17-15-13-10-6-2)73-54-65(63-34-28-35-64(50-63)68-52-66(59-42-38-57(8-4)39-43-59)51-67(53-68)60-44-40-58(41-45-60)29-11-7-3)46-47-69(73)71-55-72-70-36-24-25-37-75(70)84(76(72)56-74(71)80)79-82-77(61-30-20-18-21-31-61)81-78(83-79)62-32-22-19-23-33-62/h18-25,28,30-47,50-56H,5-17,26-27,29,48-49H2,1-4H3. The zero-order valence-electron chi connectivity index (χ0n) is 50.1. The average Bonchev–Trinajstić information content (AvgIpc) is 1.82. The molecule has 1 aliphatic rings. The van der Waals surface area contributed by atoms with Gasteiger partial charge in [-0.3, -0.25) is 4.57 Å². The van der Waals surface area contributed by atoms with Crippen molar-refractivity contribution in [3.8, 4) is 84.4 Å². The number of benzene rings is 9. The molecule has 12 rings (SSSR count). The number of para-hydroxylation sites is 1. The molecule has 11 aromatic rings. The molecular weight excluding hydrogens is 1020 g/mol. The Bertz CT molecular complexity index is 3930. The Labute approximate surface area is 500 Å². The van der Waals surface area contributed by atoms with Gasteiger partial charge in [0, 0.05) is 27.3 Å². The highest BCUT2D eigenvalue weighted by molar-refractivity contribution is 6.11. The van der Waals surface area contributed by atoms with Gasteiger partial charge in [-0.05, 0) is 159 Å². The van der Waals surface area contributed by atoms with Gasteiger partial charge in [0.25, 0.3) is 0 Å². The molecule has 0 N–H and O–H groups in total. The highest BCUT2D eigenvalue weighted by Gasteiger charge is 2.43. The fourth-order valence-electron chi connectivity index (χ4n) is 13.5. The molecule has 0 amide bonds. The zero-order valence-corrected chi connectivity index (χ0v) is 50.1. The monoisotopic (exact) mass is 1100 g/mol. The lowest BCUT2D eigenvalue weighted by Gasteiger charge is -2.33. The van der Waals surface area contributed by atoms with Gasteiger partial charge in [0.15, 0.2) is 11.6 Å². The molecule has 0 aliphatic heterocycles. The van der Waals surface area contributed by atoms with Crippen molar-refractivity contribution in [1.82, 2.24) is 19.5 Å². The molecule has 0 saturated heterocycles. The molecule has 0 bridgehead atoms. The van der Waals surface area contributed by atoms with Crippen LogP contribution in [0.1, 0.15) is 153 Å². The molecule has 0 saturated carbocycles. The van der Waals surface area contributed by atoms with Gasteiger partial charge >= 0.3 is 0 Å². The van der Waals surface area contributed by atoms with Crippen molar-refractivity contribution in [3.63, 3.8) is 0 Å². The van der Waals surface area contributed by atoms with Gasteiger partial charge in [-0.1, -0.05) is 269 Å². The van der Waals surface area contributed by atoms with Crippen LogP contribution in [-0.2, 0) is 18.3 Å². The summed E-state index contributed by atoms with van der Waals surface area (Å²) < 4.78 is 2.34. The van der Waals surface area contributed by atoms with E-state index in [1.807, 2.05) is 0 Å². The van der Waals surface area contributed by atoms with Gasteiger partial charge in [0.2, 0.25) is 5.95 Å². The van der Waals surface area contributed by atoms with Crippen molar-refractivity contribution in [1.29, 1.82) is 0 Å². The van der Waals surface area contributed by atoms with Crippen LogP contribution in [0, 0.1) is 0 Å². The first kappa shape index (κ1) is 56.3. The molecule has 0 unspecified atom stereocenters. The maximum absolute atomic E-state index is 5.38. The number of hydrogen-bond donors (Lipinski definition) is 0. The summed E-state index contributed by atoms with van der Waals surface area (Å²) in [7, 11) is 0. The summed E-state index contributed by atoms with van der Waals surface area (Å²) in [6.45, 7) is 9.16. The second-order valence-electron chi connectivity index (χ2n) is 23.9. The highest BCUT2D eigenvalue weighted by atomic mass is 15.2. The van der Waals surface area contributed by atoms with Gasteiger partial charge in [-0.2, -0.15) is 9.97 Å². The highest BCUT2D eigenvalue weighted by Crippen LogP contribution is 2.57. The SMILES string of the molecule is CCCCCCCCC1(CCCCCCCC)c2cc(-c3cccc(-c4cc(-c5ccc(CC)cc5)cc(-c5ccc(CCCC)cc5)c4)c3)ccc2-c2cc3c4ccccc4n(-c4nc(-c5ccccc5)nc(-c5ccccc5)n4)c3cc21. The van der Waals surface area contributed by atoms with Gasteiger partial charge in [0.05, 0.1) is 11.0 Å². The first-order chi connectivity index (χ1) is 41.4. The minimum atomic E-state index is -0.185. The maximum Gasteiger partial charge on any atom is 0.238 e. The molecule has 0 radical (unpaired) electrons. The number of aryl methyl sites for hydroxylation is 2. The van der Waals surface area contributed by atoms with Crippen molar-refractivity contribution < 1.29 is 0 Å². The Morgan fingerprint density at radius 3 is 1.39 bits per heavy atom. The molecule has 2 aromatic heterocycles. The predicted molar refractivity (Wildman–Crippen MR) is 357 cm³/mol. The number of rotatable bonds is 25. The molecule has 1 aliphatic carbocycles. The lowest BCUT2D eigenvalue weighted by atomic mass is 9.70. The third-order valence-corrected chi connectivity index (χ3v) is 18.2. The van der Waals surface area contributed by atoms with Crippen LogP contribution in [0.5, 0.6) is 0 Å². The van der Waals surface area contributed by atoms with Crippen LogP contribution in [0.4, 0.5) is 0 Å². The van der Waals surface area contributed by atoms with Gasteiger partial charge in [-0.25, -0.2) is 4.98 Å². The third-order valence-electron chi connectivity index (χ3n) is 18.2. The van der Waals surface area contributed by atoms with E-state index in [4.69, 9.17) is 15.0 Å². The van der Waals surface area contributed by atoms with Crippen LogP contribution in [0.25, 0.3) is 106 Å². The van der Waals surface area contributed by atoms with Gasteiger partial charge in [-0.15, -0.1) is 0 Å². The lowest BCUT2D eigenvalue weighted by Crippen LogP contribution is -2.25. The number of hydrogen-bond acceptors (Lipinski definition) is 3. The molecule has 4 nitrogen and oxygen atoms in total. The quantitative estimate of drug-likeness (QED) is 0.0536. The van der Waals surface area contributed by atoms with E-state index in [-0.39, 0.29) is 5.41 Å². The number of nitrogens with zero attached hydrogens (tertiary/aromatic N) is 4. The first-order valence-electron chi connectivity index (χ1n) is 32.0. The van der Waals surface area contributed by atoms with Crippen LogP contribution in [-0.4, -0.2) is 19.5 Å². The van der Waals surface area contributed by atoms with Crippen LogP contribution in [0.3, 0.4) is 0 Å². The average molecular weight is 1100 g/mol. The fraction of sp³-hybridized carbons (Fsp3) is 0.287. The van der Waals surface area contributed by atoms with E-state index in [0.717, 1.165) is 47.8 Å². The maximum atomic E-state index is 5.38. The topological polar surface area (TPSA) is 43.6 Å². The van der Waals surface area contributed by atoms with Crippen molar-refractivity contribution in [2.75, 3.05) is 0 Å². The van der Waals surface area contributed by atoms with E-state index in [2.05, 4.69) is 239 Å². The van der Waals surface area contributed by atoms with E-state index < -0.39 is 0 Å². The molecule has 84 heavy (non-hydrogen) atoms. The molecule has 2 heterocycles. The fourth-order valence-corrected chi connectivity index (χ4v) is 13.5. The molecule has 0 fully saturated rings. The summed E-state index contributed by atoms with van der Waals surface area (Å²) >= 11 is 0. The minimum Gasteiger partial charge on any atom is -0.278 e. The van der Waals surface area contributed by atoms with Gasteiger partial charge < -0.3 is 0 Å². The lowest BCUT2D eigenvalue weighted by molar-refractivity contribution is 0.398. The van der Waals surface area contributed by atoms with Crippen LogP contribution < -0.4 is 0 Å². The van der Waals surface area contributed by atoms with Crippen LogP contribution in [0.2, 0.25) is 0 Å². The summed E-state index contributed by atoms with van der Waals surface area (Å²) in [6.07, 6.45) is 21.9. The van der Waals surface area contributed by atoms with Crippen LogP contribution in [0.15, 0.2) is 206 Å². The van der Waals surface area contributed by atoms with E-state index >= 15 is 0 Å². The number of unbranched alkanes of at least 4 members (excludes halogenated alkanes) is 11. The summed E-state index contributed by atoms with van der Waals surface area (Å²) in [5.74, 6) is 1.97. The molecule has 0 atom stereocenters. The zero-order chi connectivity index (χ0) is 57.2. The molecule has 4 heteroatoms. The smallest absolute Gasteiger partial charge is 0.238 e. The Morgan fingerprint density at radius 1 is 0.321 bits per heavy atom. The second-order valence-corrected chi connectivity index (χ2v) is 23.9. The Hall–Kier alpha value is -8.21. The number of aromatic nitrogens is 4. The third kappa shape index (κ3) is 11.8. The normalized spacial score (nSPS) is 12.5. The molecule has 422 valence electrons. The van der Waals surface area contributed by atoms with Gasteiger partial charge in [0.1, 0.15) is 0 Å². The molecule has 0 spiro atoms. The van der Waals surface area contributed by atoms with E-state index in [9.17, 15) is 0 Å². The Balaban J connectivity index is 1.01. The summed E-state index contributed by atoms with van der Waals surface area (Å²) in [5.41, 5.74) is 22.4. The number of fused-ring (bicyclic) bond motifs is 6. The Morgan fingerprint density at radius 2 is 0.798 bits per heavy atom. The van der Waals surface area contributed by atoms with E-state index in [1.165, 1.54) is 179 Å². The van der Waals surface area contributed by atoms with E-state index in [0.29, 0.717) is 17.6 Å². The summed E-state index contributed by atoms with van der Waals surface area (Å²) in [5, 5.41) is 2.42. The van der Waals surface area contributed by atoms with E-state index in [1.54, 1.807) is 0 Å². The second kappa shape index (κ2) is 26.2. The molecular formula is C80H82N4. The van der Waals surface area contributed by atoms with Crippen molar-refractivity contribution >= 4 is 21.8 Å². The Kier molecular flexibility index (Phi) is 17.5. The largest absolute Gasteiger partial charge is 0.278 e. The van der Waals surface area contributed by atoms with Crippen molar-refractivity contribution in [2.45, 2.75) is 149 Å². The summed E-state index contributed by atoms with van der Waals surface area (Å²) in [6, 6.07) is 77.4. The molecule has 9 aromatic carbocycles. The minimum absolute atomic E-state index is 0.185. The first-order valence-corrected chi connectivity index (χ1v) is 32.0. The predicted octanol–water partition coefficient (Wildman–Crippen LogP) is 22.6. The van der Waals surface area contributed by atoms with Crippen molar-refractivity contribution in [2.24, 2.45) is 0 Å². The van der Waals surface area contributed by atoms with Crippen LogP contribution >= 0.6 is 0 Å². The van der Waals surface area contributed by atoms with Crippen molar-refractivity contribution in [3.05, 3.63) is 229 Å². The summed E-state index contributed by atoms with van der Waals surface area (Å²) in [4.78, 5) is 15.9.